The summed E-state index contributed by atoms with van der Waals surface area (Å²) in [6, 6.07) is 30.0. The maximum absolute atomic E-state index is 6.09. The van der Waals surface area contributed by atoms with E-state index < -0.39 is 5.79 Å². The van der Waals surface area contributed by atoms with Crippen molar-refractivity contribution in [1.29, 1.82) is 0 Å². The van der Waals surface area contributed by atoms with Crippen LogP contribution in [0.15, 0.2) is 84.9 Å². The van der Waals surface area contributed by atoms with E-state index in [2.05, 4.69) is 90.2 Å². The standard InChI is InChI=1S/C24H23NO2/c1-3-9-18(10-4-1)23(19-11-5-2-6-12-19)25-22-17-24(26-15-16-27-24)21-14-8-7-13-20(21)22/h1-14,22-23,25H,15-17H2. The van der Waals surface area contributed by atoms with Crippen molar-refractivity contribution in [3.05, 3.63) is 107 Å². The summed E-state index contributed by atoms with van der Waals surface area (Å²) in [6.45, 7) is 1.31. The molecule has 1 spiro atoms. The molecule has 3 nitrogen and oxygen atoms in total. The van der Waals surface area contributed by atoms with E-state index in [4.69, 9.17) is 9.47 Å². The van der Waals surface area contributed by atoms with Crippen LogP contribution in [0.25, 0.3) is 0 Å². The van der Waals surface area contributed by atoms with Crippen LogP contribution in [0.1, 0.15) is 40.8 Å². The highest BCUT2D eigenvalue weighted by Gasteiger charge is 2.48. The summed E-state index contributed by atoms with van der Waals surface area (Å²) in [5.41, 5.74) is 4.96. The number of ether oxygens (including phenoxy) is 2. The van der Waals surface area contributed by atoms with E-state index in [1.165, 1.54) is 22.3 Å². The molecule has 1 unspecified atom stereocenters. The highest BCUT2D eigenvalue weighted by molar-refractivity contribution is 5.41. The van der Waals surface area contributed by atoms with Crippen molar-refractivity contribution in [3.8, 4) is 0 Å². The Morgan fingerprint density at radius 1 is 0.741 bits per heavy atom. The van der Waals surface area contributed by atoms with Gasteiger partial charge in [0.2, 0.25) is 0 Å². The Morgan fingerprint density at radius 2 is 1.30 bits per heavy atom. The van der Waals surface area contributed by atoms with Crippen LogP contribution in [0.2, 0.25) is 0 Å². The largest absolute Gasteiger partial charge is 0.343 e. The summed E-state index contributed by atoms with van der Waals surface area (Å²) in [7, 11) is 0. The second kappa shape index (κ2) is 6.93. The van der Waals surface area contributed by atoms with Gasteiger partial charge in [-0.25, -0.2) is 0 Å². The highest BCUT2D eigenvalue weighted by Crippen LogP contribution is 2.49. The maximum atomic E-state index is 6.09. The van der Waals surface area contributed by atoms with Gasteiger partial charge in [0, 0.05) is 18.0 Å². The van der Waals surface area contributed by atoms with Gasteiger partial charge in [-0.1, -0.05) is 84.9 Å². The summed E-state index contributed by atoms with van der Waals surface area (Å²) in [4.78, 5) is 0. The van der Waals surface area contributed by atoms with Crippen molar-refractivity contribution in [1.82, 2.24) is 5.32 Å². The maximum Gasteiger partial charge on any atom is 0.197 e. The molecule has 3 aromatic carbocycles. The van der Waals surface area contributed by atoms with E-state index in [1.807, 2.05) is 0 Å². The van der Waals surface area contributed by atoms with Crippen molar-refractivity contribution in [2.75, 3.05) is 13.2 Å². The summed E-state index contributed by atoms with van der Waals surface area (Å²) < 4.78 is 12.2. The summed E-state index contributed by atoms with van der Waals surface area (Å²) in [5, 5.41) is 3.90. The topological polar surface area (TPSA) is 30.5 Å². The van der Waals surface area contributed by atoms with Crippen LogP contribution in [0, 0.1) is 0 Å². The fraction of sp³-hybridized carbons (Fsp3) is 0.250. The molecule has 0 radical (unpaired) electrons. The first-order valence-corrected chi connectivity index (χ1v) is 9.59. The van der Waals surface area contributed by atoms with Gasteiger partial charge >= 0.3 is 0 Å². The normalized spacial score (nSPS) is 20.3. The van der Waals surface area contributed by atoms with Gasteiger partial charge < -0.3 is 9.47 Å². The number of fused-ring (bicyclic) bond motifs is 2. The van der Waals surface area contributed by atoms with E-state index >= 15 is 0 Å². The Morgan fingerprint density at radius 3 is 1.93 bits per heavy atom. The molecule has 3 aromatic rings. The molecule has 1 heterocycles. The number of benzene rings is 3. The predicted molar refractivity (Wildman–Crippen MR) is 105 cm³/mol. The molecule has 0 amide bonds. The fourth-order valence-corrected chi connectivity index (χ4v) is 4.39. The van der Waals surface area contributed by atoms with E-state index in [9.17, 15) is 0 Å². The number of hydrogen-bond donors (Lipinski definition) is 1. The molecule has 0 bridgehead atoms. The lowest BCUT2D eigenvalue weighted by Crippen LogP contribution is -2.29. The first-order chi connectivity index (χ1) is 13.4. The zero-order valence-corrected chi connectivity index (χ0v) is 15.2. The zero-order valence-electron chi connectivity index (χ0n) is 15.2. The van der Waals surface area contributed by atoms with Crippen molar-refractivity contribution in [2.45, 2.75) is 24.3 Å². The van der Waals surface area contributed by atoms with Gasteiger partial charge in [0.15, 0.2) is 5.79 Å². The predicted octanol–water partition coefficient (Wildman–Crippen LogP) is 4.71. The second-order valence-electron chi connectivity index (χ2n) is 7.21. The van der Waals surface area contributed by atoms with Crippen molar-refractivity contribution in [3.63, 3.8) is 0 Å². The van der Waals surface area contributed by atoms with Crippen LogP contribution < -0.4 is 5.32 Å². The average molecular weight is 357 g/mol. The van der Waals surface area contributed by atoms with Crippen LogP contribution >= 0.6 is 0 Å². The Balaban J connectivity index is 1.52. The minimum Gasteiger partial charge on any atom is -0.343 e. The molecule has 0 saturated carbocycles. The van der Waals surface area contributed by atoms with E-state index in [0.717, 1.165) is 6.42 Å². The number of nitrogens with one attached hydrogen (secondary N) is 1. The summed E-state index contributed by atoms with van der Waals surface area (Å²) in [5.74, 6) is -0.591. The van der Waals surface area contributed by atoms with Gasteiger partial charge in [0.25, 0.3) is 0 Å². The summed E-state index contributed by atoms with van der Waals surface area (Å²) >= 11 is 0. The van der Waals surface area contributed by atoms with Crippen LogP contribution in [0.3, 0.4) is 0 Å². The third kappa shape index (κ3) is 2.98. The van der Waals surface area contributed by atoms with Crippen molar-refractivity contribution >= 4 is 0 Å². The molecule has 5 rings (SSSR count). The third-order valence-corrected chi connectivity index (χ3v) is 5.61. The fourth-order valence-electron chi connectivity index (χ4n) is 4.39. The van der Waals surface area contributed by atoms with Gasteiger partial charge in [0.1, 0.15) is 0 Å². The molecule has 27 heavy (non-hydrogen) atoms. The minimum atomic E-state index is -0.591. The van der Waals surface area contributed by atoms with Crippen LogP contribution in [-0.4, -0.2) is 13.2 Å². The van der Waals surface area contributed by atoms with Crippen LogP contribution in [-0.2, 0) is 15.3 Å². The smallest absolute Gasteiger partial charge is 0.197 e. The quantitative estimate of drug-likeness (QED) is 0.733. The molecule has 1 fully saturated rings. The highest BCUT2D eigenvalue weighted by atomic mass is 16.7. The molecule has 1 saturated heterocycles. The number of hydrogen-bond acceptors (Lipinski definition) is 3. The third-order valence-electron chi connectivity index (χ3n) is 5.61. The van der Waals surface area contributed by atoms with Gasteiger partial charge in [-0.15, -0.1) is 0 Å². The molecule has 136 valence electrons. The molecule has 1 aliphatic carbocycles. The zero-order chi connectivity index (χ0) is 18.1. The van der Waals surface area contributed by atoms with E-state index in [-0.39, 0.29) is 12.1 Å². The first-order valence-electron chi connectivity index (χ1n) is 9.59. The molecule has 0 aromatic heterocycles. The Bertz CT molecular complexity index is 864. The lowest BCUT2D eigenvalue weighted by atomic mass is 9.97. The van der Waals surface area contributed by atoms with Crippen LogP contribution in [0.4, 0.5) is 0 Å². The van der Waals surface area contributed by atoms with E-state index in [0.29, 0.717) is 13.2 Å². The number of rotatable bonds is 4. The monoisotopic (exact) mass is 357 g/mol. The van der Waals surface area contributed by atoms with Crippen LogP contribution in [0.5, 0.6) is 0 Å². The molecular weight excluding hydrogens is 334 g/mol. The Hall–Kier alpha value is -2.46. The van der Waals surface area contributed by atoms with Gasteiger partial charge in [-0.05, 0) is 16.7 Å². The van der Waals surface area contributed by atoms with Gasteiger partial charge in [0.05, 0.1) is 19.3 Å². The van der Waals surface area contributed by atoms with E-state index in [1.54, 1.807) is 0 Å². The second-order valence-corrected chi connectivity index (χ2v) is 7.21. The Kier molecular flexibility index (Phi) is 4.29. The molecule has 2 aliphatic rings. The Labute approximate surface area is 160 Å². The molecule has 1 N–H and O–H groups in total. The molecule has 3 heteroatoms. The van der Waals surface area contributed by atoms with Gasteiger partial charge in [-0.3, -0.25) is 5.32 Å². The SMILES string of the molecule is c1ccc(C(NC2CC3(OCCO3)c3ccccc32)c2ccccc2)cc1. The molecule has 1 aliphatic heterocycles. The first kappa shape index (κ1) is 16.7. The van der Waals surface area contributed by atoms with Crippen molar-refractivity contribution < 1.29 is 9.47 Å². The lowest BCUT2D eigenvalue weighted by Gasteiger charge is -2.26. The minimum absolute atomic E-state index is 0.113. The molecule has 1 atom stereocenters. The lowest BCUT2D eigenvalue weighted by molar-refractivity contribution is -0.166. The molecular formula is C24H23NO2. The van der Waals surface area contributed by atoms with Gasteiger partial charge in [-0.2, -0.15) is 0 Å². The summed E-state index contributed by atoms with van der Waals surface area (Å²) in [6.07, 6.45) is 0.794. The van der Waals surface area contributed by atoms with Crippen molar-refractivity contribution in [2.24, 2.45) is 0 Å². The average Bonchev–Trinajstić information content (AvgIpc) is 3.33.